The van der Waals surface area contributed by atoms with Crippen LogP contribution in [-0.2, 0) is 11.3 Å². The van der Waals surface area contributed by atoms with Crippen LogP contribution in [0.15, 0.2) is 40.9 Å². The lowest BCUT2D eigenvalue weighted by molar-refractivity contribution is 0.0136. The van der Waals surface area contributed by atoms with Crippen LogP contribution in [0.3, 0.4) is 0 Å². The summed E-state index contributed by atoms with van der Waals surface area (Å²) in [5.41, 5.74) is 3.60. The Hall–Kier alpha value is -3.14. The van der Waals surface area contributed by atoms with Gasteiger partial charge in [0, 0.05) is 29.1 Å². The van der Waals surface area contributed by atoms with E-state index in [1.165, 1.54) is 11.3 Å². The van der Waals surface area contributed by atoms with Crippen LogP contribution in [0.1, 0.15) is 66.6 Å². The highest BCUT2D eigenvalue weighted by atomic mass is 35.5. The molecule has 3 fully saturated rings. The monoisotopic (exact) mass is 579 g/mol. The van der Waals surface area contributed by atoms with E-state index in [0.717, 1.165) is 64.5 Å². The van der Waals surface area contributed by atoms with E-state index in [-0.39, 0.29) is 11.7 Å². The summed E-state index contributed by atoms with van der Waals surface area (Å²) in [6.07, 6.45) is 5.22. The van der Waals surface area contributed by atoms with Gasteiger partial charge in [-0.3, -0.25) is 0 Å². The van der Waals surface area contributed by atoms with Crippen LogP contribution in [0, 0.1) is 5.92 Å². The minimum Gasteiger partial charge on any atom is -0.494 e. The maximum atomic E-state index is 11.6. The van der Waals surface area contributed by atoms with Crippen molar-refractivity contribution in [3.63, 3.8) is 0 Å². The molecule has 2 saturated heterocycles. The number of nitrogens with zero attached hydrogens (tertiary/aromatic N) is 3. The van der Waals surface area contributed by atoms with Crippen molar-refractivity contribution in [1.82, 2.24) is 10.1 Å². The standard InChI is InChI=1S/C30H30ClN3O5S/c1-15-9-18-12-19(38-14-21-26(20-5-3-4-6-22(20)31)33-39-28(21)16-7-8-16)13-23(15)34(18)30-32-27-24(37-2)10-17(29(35)36)11-25(27)40-30/h3-6,10-11,15-16,18-19,23H,7-9,12-14H2,1-2H3,(H,35,36)/t15-,18?,19?,23?/m1/s1. The fraction of sp³-hybridized carbons (Fsp3) is 0.433. The number of carboxylic acid groups (broad SMARTS) is 1. The van der Waals surface area contributed by atoms with Crippen LogP contribution in [0.25, 0.3) is 21.5 Å². The fourth-order valence-corrected chi connectivity index (χ4v) is 7.85. The third-order valence-electron chi connectivity index (χ3n) is 8.59. The van der Waals surface area contributed by atoms with Gasteiger partial charge in [0.2, 0.25) is 0 Å². The number of aromatic carboxylic acids is 1. The lowest BCUT2D eigenvalue weighted by Crippen LogP contribution is -2.46. The Bertz CT molecular complexity index is 1600. The summed E-state index contributed by atoms with van der Waals surface area (Å²) < 4.78 is 18.8. The molecule has 3 unspecified atom stereocenters. The van der Waals surface area contributed by atoms with Gasteiger partial charge in [-0.1, -0.05) is 53.2 Å². The van der Waals surface area contributed by atoms with E-state index < -0.39 is 5.97 Å². The van der Waals surface area contributed by atoms with Crippen LogP contribution >= 0.6 is 22.9 Å². The molecule has 1 N–H and O–H groups in total. The number of ether oxygens (including phenoxy) is 2. The molecule has 40 heavy (non-hydrogen) atoms. The molecule has 7 rings (SSSR count). The van der Waals surface area contributed by atoms with Crippen molar-refractivity contribution in [3.05, 3.63) is 58.3 Å². The van der Waals surface area contributed by atoms with E-state index in [0.29, 0.717) is 46.8 Å². The van der Waals surface area contributed by atoms with Crippen molar-refractivity contribution in [2.75, 3.05) is 12.0 Å². The minimum absolute atomic E-state index is 0.111. The Labute approximate surface area is 240 Å². The molecule has 8 nitrogen and oxygen atoms in total. The van der Waals surface area contributed by atoms with E-state index in [1.807, 2.05) is 24.3 Å². The van der Waals surface area contributed by atoms with Gasteiger partial charge in [-0.25, -0.2) is 9.78 Å². The number of hydrogen-bond acceptors (Lipinski definition) is 8. The lowest BCUT2D eigenvalue weighted by Gasteiger charge is -2.39. The normalized spacial score (nSPS) is 24.1. The van der Waals surface area contributed by atoms with Crippen LogP contribution in [-0.4, -0.2) is 46.5 Å². The van der Waals surface area contributed by atoms with Gasteiger partial charge in [0.1, 0.15) is 22.7 Å². The second-order valence-electron chi connectivity index (χ2n) is 11.2. The van der Waals surface area contributed by atoms with Gasteiger partial charge in [0.05, 0.1) is 35.1 Å². The summed E-state index contributed by atoms with van der Waals surface area (Å²) in [5, 5.41) is 15.5. The first-order chi connectivity index (χ1) is 19.4. The number of hydrogen-bond donors (Lipinski definition) is 1. The number of carbonyl (C=O) groups is 1. The summed E-state index contributed by atoms with van der Waals surface area (Å²) in [7, 11) is 1.55. The second kappa shape index (κ2) is 10.0. The van der Waals surface area contributed by atoms with Gasteiger partial charge >= 0.3 is 5.97 Å². The third kappa shape index (κ3) is 4.44. The number of fused-ring (bicyclic) bond motifs is 3. The molecule has 4 aromatic rings. The first kappa shape index (κ1) is 25.8. The van der Waals surface area contributed by atoms with E-state index in [2.05, 4.69) is 17.0 Å². The Balaban J connectivity index is 1.13. The van der Waals surface area contributed by atoms with Crippen molar-refractivity contribution >= 4 is 44.3 Å². The lowest BCUT2D eigenvalue weighted by atomic mass is 9.97. The van der Waals surface area contributed by atoms with Crippen LogP contribution in [0.5, 0.6) is 5.75 Å². The molecule has 4 atom stereocenters. The molecule has 4 heterocycles. The van der Waals surface area contributed by atoms with Crippen LogP contribution < -0.4 is 9.64 Å². The zero-order valence-electron chi connectivity index (χ0n) is 22.3. The van der Waals surface area contributed by atoms with Crippen LogP contribution in [0.2, 0.25) is 5.02 Å². The van der Waals surface area contributed by atoms with Gasteiger partial charge in [0.15, 0.2) is 5.13 Å². The predicted octanol–water partition coefficient (Wildman–Crippen LogP) is 7.15. The van der Waals surface area contributed by atoms with Crippen molar-refractivity contribution in [2.45, 2.75) is 69.7 Å². The first-order valence-corrected chi connectivity index (χ1v) is 15.0. The molecule has 0 radical (unpaired) electrons. The Kier molecular flexibility index (Phi) is 6.48. The van der Waals surface area contributed by atoms with Crippen molar-refractivity contribution in [1.29, 1.82) is 0 Å². The highest BCUT2D eigenvalue weighted by molar-refractivity contribution is 7.22. The topological polar surface area (TPSA) is 97.9 Å². The number of thiazole rings is 1. The molecule has 2 aliphatic heterocycles. The number of halogens is 1. The molecule has 0 amide bonds. The third-order valence-corrected chi connectivity index (χ3v) is 9.93. The van der Waals surface area contributed by atoms with Gasteiger partial charge in [-0.05, 0) is 56.2 Å². The molecule has 0 spiro atoms. The summed E-state index contributed by atoms with van der Waals surface area (Å²) in [6.45, 7) is 2.75. The molecule has 1 saturated carbocycles. The largest absolute Gasteiger partial charge is 0.494 e. The minimum atomic E-state index is -0.975. The molecular weight excluding hydrogens is 550 g/mol. The van der Waals surface area contributed by atoms with E-state index >= 15 is 0 Å². The summed E-state index contributed by atoms with van der Waals surface area (Å²) in [5.74, 6) is 1.37. The Morgan fingerprint density at radius 3 is 2.77 bits per heavy atom. The average Bonchev–Trinajstić information content (AvgIpc) is 3.49. The number of benzene rings is 2. The fourth-order valence-electron chi connectivity index (χ4n) is 6.47. The maximum Gasteiger partial charge on any atom is 0.335 e. The zero-order chi connectivity index (χ0) is 27.5. The van der Waals surface area contributed by atoms with Crippen molar-refractivity contribution in [3.8, 4) is 17.0 Å². The molecule has 10 heteroatoms. The van der Waals surface area contributed by atoms with Crippen molar-refractivity contribution < 1.29 is 23.9 Å². The highest BCUT2D eigenvalue weighted by Gasteiger charge is 2.47. The zero-order valence-corrected chi connectivity index (χ0v) is 23.9. The van der Waals surface area contributed by atoms with Gasteiger partial charge < -0.3 is 24.0 Å². The predicted molar refractivity (Wildman–Crippen MR) is 154 cm³/mol. The average molecular weight is 580 g/mol. The van der Waals surface area contributed by atoms with E-state index in [1.54, 1.807) is 19.2 Å². The number of rotatable bonds is 8. The molecule has 2 aromatic heterocycles. The summed E-state index contributed by atoms with van der Waals surface area (Å²) >= 11 is 8.06. The number of anilines is 1. The number of aromatic nitrogens is 2. The smallest absolute Gasteiger partial charge is 0.335 e. The highest BCUT2D eigenvalue weighted by Crippen LogP contribution is 2.48. The van der Waals surface area contributed by atoms with Gasteiger partial charge in [-0.15, -0.1) is 0 Å². The van der Waals surface area contributed by atoms with E-state index in [4.69, 9.17) is 30.6 Å². The van der Waals surface area contributed by atoms with Gasteiger partial charge in [-0.2, -0.15) is 0 Å². The maximum absolute atomic E-state index is 11.6. The molecule has 208 valence electrons. The number of methoxy groups -OCH3 is 1. The van der Waals surface area contributed by atoms with E-state index in [9.17, 15) is 9.90 Å². The quantitative estimate of drug-likeness (QED) is 0.235. The Morgan fingerprint density at radius 1 is 1.23 bits per heavy atom. The molecule has 1 aliphatic carbocycles. The van der Waals surface area contributed by atoms with Crippen molar-refractivity contribution in [2.24, 2.45) is 5.92 Å². The molecular formula is C30H30ClN3O5S. The first-order valence-electron chi connectivity index (χ1n) is 13.8. The number of piperidine rings is 1. The summed E-state index contributed by atoms with van der Waals surface area (Å²) in [6, 6.07) is 11.6. The summed E-state index contributed by atoms with van der Waals surface area (Å²) in [4.78, 5) is 19.0. The van der Waals surface area contributed by atoms with Crippen LogP contribution in [0.4, 0.5) is 5.13 Å². The SMILES string of the molecule is COc1cc(C(=O)O)cc2sc(N3C4CC(OCc5c(-c6ccccc6Cl)noc5C5CC5)CC3[C@H](C)C4)nc12. The molecule has 3 aliphatic rings. The second-order valence-corrected chi connectivity index (χ2v) is 12.6. The number of carboxylic acids is 1. The molecule has 2 aromatic carbocycles. The Morgan fingerprint density at radius 2 is 2.05 bits per heavy atom. The van der Waals surface area contributed by atoms with Gasteiger partial charge in [0.25, 0.3) is 0 Å². The molecule has 2 bridgehead atoms.